The topological polar surface area (TPSA) is 36.2 Å². The minimum atomic E-state index is 0.280. The van der Waals surface area contributed by atoms with Crippen LogP contribution in [0.5, 0.6) is 0 Å². The number of hydrogen-bond acceptors (Lipinski definition) is 2. The monoisotopic (exact) mass is 218 g/mol. The van der Waals surface area contributed by atoms with E-state index in [1.807, 2.05) is 6.92 Å². The molecule has 1 unspecified atom stereocenters. The van der Waals surface area contributed by atoms with Crippen LogP contribution in [0.25, 0.3) is 0 Å². The molecule has 0 heterocycles. The van der Waals surface area contributed by atoms with Gasteiger partial charge >= 0.3 is 0 Å². The Kier molecular flexibility index (Phi) is 5.38. The SMILES string of the molecule is CC(Br)=NCC(C=N)C(C)C. The van der Waals surface area contributed by atoms with E-state index < -0.39 is 0 Å². The maximum absolute atomic E-state index is 7.13. The Bertz CT molecular complexity index is 148. The average Bonchev–Trinajstić information content (AvgIpc) is 1.87. The van der Waals surface area contributed by atoms with E-state index in [2.05, 4.69) is 34.8 Å². The highest BCUT2D eigenvalue weighted by Crippen LogP contribution is 2.08. The standard InChI is InChI=1S/C8H15BrN2/c1-6(2)8(4-10)5-11-7(3)9/h4,6,8,10H,5H2,1-3H3. The summed E-state index contributed by atoms with van der Waals surface area (Å²) in [5, 5.41) is 7.13. The van der Waals surface area contributed by atoms with Crippen molar-refractivity contribution in [1.82, 2.24) is 0 Å². The van der Waals surface area contributed by atoms with Crippen molar-refractivity contribution in [1.29, 1.82) is 5.41 Å². The Morgan fingerprint density at radius 3 is 2.45 bits per heavy atom. The predicted octanol–water partition coefficient (Wildman–Crippen LogP) is 2.72. The Balaban J connectivity index is 3.89. The van der Waals surface area contributed by atoms with E-state index in [9.17, 15) is 0 Å². The third-order valence-electron chi connectivity index (χ3n) is 1.59. The van der Waals surface area contributed by atoms with Gasteiger partial charge in [0.05, 0.1) is 4.62 Å². The first kappa shape index (κ1) is 10.8. The summed E-state index contributed by atoms with van der Waals surface area (Å²) in [7, 11) is 0. The second kappa shape index (κ2) is 5.47. The molecule has 1 N–H and O–H groups in total. The van der Waals surface area contributed by atoms with Crippen molar-refractivity contribution >= 4 is 26.8 Å². The van der Waals surface area contributed by atoms with Gasteiger partial charge in [-0.3, -0.25) is 4.99 Å². The molecule has 0 spiro atoms. The van der Waals surface area contributed by atoms with E-state index in [4.69, 9.17) is 5.41 Å². The Morgan fingerprint density at radius 2 is 2.18 bits per heavy atom. The fraction of sp³-hybridized carbons (Fsp3) is 0.750. The Labute approximate surface area is 76.7 Å². The predicted molar refractivity (Wildman–Crippen MR) is 54.0 cm³/mol. The van der Waals surface area contributed by atoms with E-state index >= 15 is 0 Å². The maximum Gasteiger partial charge on any atom is 0.0743 e. The summed E-state index contributed by atoms with van der Waals surface area (Å²) in [6, 6.07) is 0. The fourth-order valence-electron chi connectivity index (χ4n) is 0.687. The van der Waals surface area contributed by atoms with Crippen molar-refractivity contribution in [2.45, 2.75) is 20.8 Å². The van der Waals surface area contributed by atoms with Crippen LogP contribution in [-0.4, -0.2) is 17.4 Å². The van der Waals surface area contributed by atoms with Crippen LogP contribution < -0.4 is 0 Å². The van der Waals surface area contributed by atoms with Crippen LogP contribution in [-0.2, 0) is 0 Å². The highest BCUT2D eigenvalue weighted by Gasteiger charge is 2.08. The minimum absolute atomic E-state index is 0.280. The van der Waals surface area contributed by atoms with E-state index in [0.29, 0.717) is 5.92 Å². The highest BCUT2D eigenvalue weighted by atomic mass is 79.9. The summed E-state index contributed by atoms with van der Waals surface area (Å²) in [6.45, 7) is 6.84. The van der Waals surface area contributed by atoms with Crippen LogP contribution in [0.3, 0.4) is 0 Å². The van der Waals surface area contributed by atoms with Crippen molar-refractivity contribution < 1.29 is 0 Å². The second-order valence-corrected chi connectivity index (χ2v) is 4.06. The van der Waals surface area contributed by atoms with Gasteiger partial charge in [0.2, 0.25) is 0 Å². The van der Waals surface area contributed by atoms with Gasteiger partial charge in [-0.25, -0.2) is 0 Å². The first-order valence-electron chi connectivity index (χ1n) is 3.75. The van der Waals surface area contributed by atoms with Crippen LogP contribution in [0.2, 0.25) is 0 Å². The Hall–Kier alpha value is -0.180. The molecular formula is C8H15BrN2. The number of hydrogen-bond donors (Lipinski definition) is 1. The summed E-state index contributed by atoms with van der Waals surface area (Å²) in [6.07, 6.45) is 1.48. The van der Waals surface area contributed by atoms with Crippen LogP contribution >= 0.6 is 15.9 Å². The summed E-state index contributed by atoms with van der Waals surface area (Å²) in [5.41, 5.74) is 0. The van der Waals surface area contributed by atoms with Gasteiger partial charge in [0, 0.05) is 18.7 Å². The molecule has 0 aromatic rings. The quantitative estimate of drug-likeness (QED) is 0.706. The lowest BCUT2D eigenvalue weighted by molar-refractivity contribution is 0.510. The van der Waals surface area contributed by atoms with E-state index in [1.54, 1.807) is 0 Å². The second-order valence-electron chi connectivity index (χ2n) is 2.91. The van der Waals surface area contributed by atoms with Crippen LogP contribution in [0.15, 0.2) is 4.99 Å². The Morgan fingerprint density at radius 1 is 1.64 bits per heavy atom. The molecule has 3 heteroatoms. The largest absolute Gasteiger partial charge is 0.313 e. The van der Waals surface area contributed by atoms with Crippen LogP contribution in [0.1, 0.15) is 20.8 Å². The van der Waals surface area contributed by atoms with E-state index in [0.717, 1.165) is 11.2 Å². The number of halogens is 1. The van der Waals surface area contributed by atoms with Gasteiger partial charge in [0.1, 0.15) is 0 Å². The average molecular weight is 219 g/mol. The molecule has 0 radical (unpaired) electrons. The van der Waals surface area contributed by atoms with Crippen molar-refractivity contribution in [2.24, 2.45) is 16.8 Å². The summed E-state index contributed by atoms with van der Waals surface area (Å²) in [4.78, 5) is 4.20. The van der Waals surface area contributed by atoms with Gasteiger partial charge in [-0.1, -0.05) is 13.8 Å². The number of nitrogens with one attached hydrogen (secondary N) is 1. The molecule has 0 bridgehead atoms. The highest BCUT2D eigenvalue weighted by molar-refractivity contribution is 9.18. The zero-order valence-corrected chi connectivity index (χ0v) is 8.85. The maximum atomic E-state index is 7.13. The molecule has 11 heavy (non-hydrogen) atoms. The van der Waals surface area contributed by atoms with Gasteiger partial charge in [-0.2, -0.15) is 0 Å². The molecule has 0 amide bonds. The summed E-state index contributed by atoms with van der Waals surface area (Å²) >= 11 is 3.26. The molecule has 0 saturated carbocycles. The van der Waals surface area contributed by atoms with Gasteiger partial charge < -0.3 is 5.41 Å². The third-order valence-corrected chi connectivity index (χ3v) is 1.84. The summed E-state index contributed by atoms with van der Waals surface area (Å²) < 4.78 is 0.907. The third kappa shape index (κ3) is 5.13. The zero-order valence-electron chi connectivity index (χ0n) is 7.26. The number of rotatable bonds is 4. The summed E-state index contributed by atoms with van der Waals surface area (Å²) in [5.74, 6) is 0.783. The molecule has 0 saturated heterocycles. The molecule has 0 rings (SSSR count). The normalized spacial score (nSPS) is 15.2. The van der Waals surface area contributed by atoms with Crippen LogP contribution in [0.4, 0.5) is 0 Å². The van der Waals surface area contributed by atoms with Crippen molar-refractivity contribution in [3.05, 3.63) is 0 Å². The molecule has 0 aliphatic carbocycles. The molecule has 0 aromatic heterocycles. The van der Waals surface area contributed by atoms with Crippen molar-refractivity contribution in [2.75, 3.05) is 6.54 Å². The zero-order chi connectivity index (χ0) is 8.85. The first-order chi connectivity index (χ1) is 5.07. The van der Waals surface area contributed by atoms with Gasteiger partial charge in [-0.05, 0) is 28.8 Å². The molecular weight excluding hydrogens is 204 g/mol. The van der Waals surface area contributed by atoms with Gasteiger partial charge in [0.15, 0.2) is 0 Å². The molecule has 1 atom stereocenters. The van der Waals surface area contributed by atoms with E-state index in [-0.39, 0.29) is 5.92 Å². The lowest BCUT2D eigenvalue weighted by Gasteiger charge is -2.11. The lowest BCUT2D eigenvalue weighted by atomic mass is 9.98. The van der Waals surface area contributed by atoms with Crippen molar-refractivity contribution in [3.63, 3.8) is 0 Å². The molecule has 64 valence electrons. The first-order valence-corrected chi connectivity index (χ1v) is 4.54. The molecule has 0 aliphatic rings. The molecule has 2 nitrogen and oxygen atoms in total. The number of nitrogens with zero attached hydrogens (tertiary/aromatic N) is 1. The van der Waals surface area contributed by atoms with Crippen LogP contribution in [0, 0.1) is 17.2 Å². The van der Waals surface area contributed by atoms with Crippen molar-refractivity contribution in [3.8, 4) is 0 Å². The fourth-order valence-corrected chi connectivity index (χ4v) is 0.832. The van der Waals surface area contributed by atoms with Gasteiger partial charge in [-0.15, -0.1) is 0 Å². The molecule has 0 aromatic carbocycles. The number of aliphatic imine (C=N–C) groups is 1. The molecule has 0 aliphatic heterocycles. The molecule has 0 fully saturated rings. The lowest BCUT2D eigenvalue weighted by Crippen LogP contribution is -2.13. The smallest absolute Gasteiger partial charge is 0.0743 e. The van der Waals surface area contributed by atoms with Gasteiger partial charge in [0.25, 0.3) is 0 Å². The minimum Gasteiger partial charge on any atom is -0.313 e. The van der Waals surface area contributed by atoms with E-state index in [1.165, 1.54) is 6.21 Å².